The zero-order valence-electron chi connectivity index (χ0n) is 13.2. The number of carbonyl (C=O) groups is 2. The lowest BCUT2D eigenvalue weighted by Crippen LogP contribution is -2.52. The van der Waals surface area contributed by atoms with Crippen LogP contribution in [0.1, 0.15) is 31.1 Å². The van der Waals surface area contributed by atoms with Gasteiger partial charge in [-0.05, 0) is 45.0 Å². The van der Waals surface area contributed by atoms with E-state index >= 15 is 0 Å². The predicted octanol–water partition coefficient (Wildman–Crippen LogP) is 1.22. The largest absolute Gasteiger partial charge is 0.373 e. The van der Waals surface area contributed by atoms with E-state index in [-0.39, 0.29) is 24.2 Å². The molecular formula is C16H23N3O3. The molecule has 22 heavy (non-hydrogen) atoms. The Morgan fingerprint density at radius 1 is 1.23 bits per heavy atom. The molecule has 1 aromatic rings. The number of primary amides is 1. The fourth-order valence-electron chi connectivity index (χ4n) is 2.66. The van der Waals surface area contributed by atoms with Gasteiger partial charge in [-0.1, -0.05) is 0 Å². The summed E-state index contributed by atoms with van der Waals surface area (Å²) in [7, 11) is 0. The van der Waals surface area contributed by atoms with Gasteiger partial charge < -0.3 is 15.8 Å². The number of nitrogens with one attached hydrogen (secondary N) is 1. The lowest BCUT2D eigenvalue weighted by atomic mass is 10.1. The molecule has 120 valence electrons. The molecule has 1 heterocycles. The van der Waals surface area contributed by atoms with Crippen molar-refractivity contribution in [2.75, 3.05) is 18.4 Å². The van der Waals surface area contributed by atoms with Crippen LogP contribution >= 0.6 is 0 Å². The topological polar surface area (TPSA) is 84.7 Å². The van der Waals surface area contributed by atoms with E-state index in [4.69, 9.17) is 10.5 Å². The molecule has 6 heteroatoms. The third-order valence-electron chi connectivity index (χ3n) is 3.81. The summed E-state index contributed by atoms with van der Waals surface area (Å²) >= 11 is 0. The summed E-state index contributed by atoms with van der Waals surface area (Å²) in [5.41, 5.74) is 6.26. The molecule has 0 aromatic heterocycles. The third-order valence-corrected chi connectivity index (χ3v) is 3.81. The number of carbonyl (C=O) groups excluding carboxylic acids is 2. The normalized spacial score (nSPS) is 23.8. The summed E-state index contributed by atoms with van der Waals surface area (Å²) in [5.74, 6) is -0.560. The van der Waals surface area contributed by atoms with Crippen LogP contribution in [-0.4, -0.2) is 48.1 Å². The summed E-state index contributed by atoms with van der Waals surface area (Å²) in [6, 6.07) is 6.30. The minimum Gasteiger partial charge on any atom is -0.373 e. The second-order valence-corrected chi connectivity index (χ2v) is 5.82. The first-order valence-corrected chi connectivity index (χ1v) is 7.47. The lowest BCUT2D eigenvalue weighted by molar-refractivity contribution is -0.126. The highest BCUT2D eigenvalue weighted by molar-refractivity contribution is 5.96. The Bertz CT molecular complexity index is 534. The van der Waals surface area contributed by atoms with Crippen molar-refractivity contribution in [2.45, 2.75) is 39.0 Å². The first kappa shape index (κ1) is 16.5. The highest BCUT2D eigenvalue weighted by Crippen LogP contribution is 2.15. The average Bonchev–Trinajstić information content (AvgIpc) is 2.46. The molecule has 2 amide bonds. The van der Waals surface area contributed by atoms with E-state index in [1.54, 1.807) is 24.3 Å². The fraction of sp³-hybridized carbons (Fsp3) is 0.500. The number of benzene rings is 1. The van der Waals surface area contributed by atoms with Gasteiger partial charge >= 0.3 is 0 Å². The van der Waals surface area contributed by atoms with Crippen molar-refractivity contribution in [2.24, 2.45) is 5.73 Å². The van der Waals surface area contributed by atoms with Crippen LogP contribution in [-0.2, 0) is 9.53 Å². The van der Waals surface area contributed by atoms with Crippen LogP contribution in [0.5, 0.6) is 0 Å². The summed E-state index contributed by atoms with van der Waals surface area (Å²) in [6.45, 7) is 7.38. The van der Waals surface area contributed by atoms with Crippen molar-refractivity contribution in [3.05, 3.63) is 29.8 Å². The molecule has 1 aliphatic heterocycles. The standard InChI is InChI=1S/C16H23N3O3/c1-10-8-19(9-11(2)22-10)12(3)16(21)18-14-6-4-13(5-7-14)15(17)20/h4-7,10-12H,8-9H2,1-3H3,(H2,17,20)(H,18,21)/t10-,11-,12-/m1/s1. The summed E-state index contributed by atoms with van der Waals surface area (Å²) in [5, 5.41) is 2.86. The Labute approximate surface area is 130 Å². The highest BCUT2D eigenvalue weighted by atomic mass is 16.5. The van der Waals surface area contributed by atoms with Crippen LogP contribution in [0.2, 0.25) is 0 Å². The van der Waals surface area contributed by atoms with E-state index in [0.717, 1.165) is 13.1 Å². The van der Waals surface area contributed by atoms with Crippen molar-refractivity contribution in [3.8, 4) is 0 Å². The van der Waals surface area contributed by atoms with Gasteiger partial charge in [-0.15, -0.1) is 0 Å². The average molecular weight is 305 g/mol. The second-order valence-electron chi connectivity index (χ2n) is 5.82. The van der Waals surface area contributed by atoms with Crippen LogP contribution in [0.3, 0.4) is 0 Å². The minimum atomic E-state index is -0.484. The summed E-state index contributed by atoms with van der Waals surface area (Å²) < 4.78 is 5.68. The van der Waals surface area contributed by atoms with Crippen molar-refractivity contribution >= 4 is 17.5 Å². The Kier molecular flexibility index (Phi) is 5.15. The highest BCUT2D eigenvalue weighted by Gasteiger charge is 2.29. The molecule has 1 saturated heterocycles. The minimum absolute atomic E-state index is 0.0758. The number of rotatable bonds is 4. The van der Waals surface area contributed by atoms with Crippen molar-refractivity contribution in [1.82, 2.24) is 4.90 Å². The summed E-state index contributed by atoms with van der Waals surface area (Å²) in [6.07, 6.45) is 0.239. The zero-order valence-corrected chi connectivity index (χ0v) is 13.2. The first-order chi connectivity index (χ1) is 10.4. The van der Waals surface area contributed by atoms with Gasteiger partial charge in [-0.2, -0.15) is 0 Å². The molecule has 0 radical (unpaired) electrons. The Balaban J connectivity index is 1.97. The van der Waals surface area contributed by atoms with Gasteiger partial charge in [0.1, 0.15) is 0 Å². The Morgan fingerprint density at radius 3 is 2.27 bits per heavy atom. The van der Waals surface area contributed by atoms with Gasteiger partial charge in [0.15, 0.2) is 0 Å². The maximum absolute atomic E-state index is 12.4. The zero-order chi connectivity index (χ0) is 16.3. The van der Waals surface area contributed by atoms with Crippen LogP contribution in [0.4, 0.5) is 5.69 Å². The van der Waals surface area contributed by atoms with Gasteiger partial charge in [0.2, 0.25) is 11.8 Å². The number of hydrogen-bond donors (Lipinski definition) is 2. The van der Waals surface area contributed by atoms with E-state index in [2.05, 4.69) is 10.2 Å². The molecule has 0 saturated carbocycles. The molecule has 6 nitrogen and oxygen atoms in total. The quantitative estimate of drug-likeness (QED) is 0.876. The van der Waals surface area contributed by atoms with E-state index in [1.807, 2.05) is 20.8 Å². The molecule has 1 fully saturated rings. The molecule has 1 aromatic carbocycles. The van der Waals surface area contributed by atoms with Gasteiger partial charge in [-0.3, -0.25) is 14.5 Å². The van der Waals surface area contributed by atoms with E-state index < -0.39 is 5.91 Å². The van der Waals surface area contributed by atoms with Crippen LogP contribution in [0, 0.1) is 0 Å². The number of anilines is 1. The molecule has 0 unspecified atom stereocenters. The molecule has 2 rings (SSSR count). The molecule has 0 aliphatic carbocycles. The monoisotopic (exact) mass is 305 g/mol. The Morgan fingerprint density at radius 2 is 1.77 bits per heavy atom. The maximum Gasteiger partial charge on any atom is 0.248 e. The number of ether oxygens (including phenoxy) is 1. The van der Waals surface area contributed by atoms with Gasteiger partial charge in [0.25, 0.3) is 0 Å². The number of amides is 2. The van der Waals surface area contributed by atoms with Crippen molar-refractivity contribution in [3.63, 3.8) is 0 Å². The summed E-state index contributed by atoms with van der Waals surface area (Å²) in [4.78, 5) is 25.5. The number of nitrogens with two attached hydrogens (primary N) is 1. The van der Waals surface area contributed by atoms with E-state index in [9.17, 15) is 9.59 Å². The second kappa shape index (κ2) is 6.89. The van der Waals surface area contributed by atoms with Crippen molar-refractivity contribution < 1.29 is 14.3 Å². The van der Waals surface area contributed by atoms with Gasteiger partial charge in [-0.25, -0.2) is 0 Å². The number of morpholine rings is 1. The lowest BCUT2D eigenvalue weighted by Gasteiger charge is -2.38. The first-order valence-electron chi connectivity index (χ1n) is 7.47. The van der Waals surface area contributed by atoms with Gasteiger partial charge in [0, 0.05) is 24.3 Å². The molecule has 3 N–H and O–H groups in total. The number of hydrogen-bond acceptors (Lipinski definition) is 4. The third kappa shape index (κ3) is 4.05. The van der Waals surface area contributed by atoms with Crippen LogP contribution < -0.4 is 11.1 Å². The fourth-order valence-corrected chi connectivity index (χ4v) is 2.66. The molecule has 0 bridgehead atoms. The number of nitrogens with zero attached hydrogens (tertiary/aromatic N) is 1. The maximum atomic E-state index is 12.4. The molecular weight excluding hydrogens is 282 g/mol. The van der Waals surface area contributed by atoms with Crippen LogP contribution in [0.15, 0.2) is 24.3 Å². The predicted molar refractivity (Wildman–Crippen MR) is 84.6 cm³/mol. The Hall–Kier alpha value is -1.92. The smallest absolute Gasteiger partial charge is 0.248 e. The van der Waals surface area contributed by atoms with Crippen molar-refractivity contribution in [1.29, 1.82) is 0 Å². The molecule has 1 aliphatic rings. The van der Waals surface area contributed by atoms with E-state index in [0.29, 0.717) is 11.3 Å². The van der Waals surface area contributed by atoms with Crippen LogP contribution in [0.25, 0.3) is 0 Å². The molecule has 0 spiro atoms. The van der Waals surface area contributed by atoms with Gasteiger partial charge in [0.05, 0.1) is 18.2 Å². The van der Waals surface area contributed by atoms with E-state index in [1.165, 1.54) is 0 Å². The molecule has 3 atom stereocenters. The SMILES string of the molecule is C[C@@H]1CN([C@H](C)C(=O)Nc2ccc(C(N)=O)cc2)C[C@@H](C)O1.